The lowest BCUT2D eigenvalue weighted by molar-refractivity contribution is 0.903. The van der Waals surface area contributed by atoms with E-state index in [0.29, 0.717) is 0 Å². The molecule has 0 aromatic carbocycles. The Morgan fingerprint density at radius 3 is 2.45 bits per heavy atom. The van der Waals surface area contributed by atoms with Crippen molar-refractivity contribution in [3.63, 3.8) is 0 Å². The molecular formula is C8H15N3. The smallest absolute Gasteiger partial charge is 0.0562 e. The summed E-state index contributed by atoms with van der Waals surface area (Å²) < 4.78 is 0. The van der Waals surface area contributed by atoms with Crippen molar-refractivity contribution in [2.45, 2.75) is 13.8 Å². The van der Waals surface area contributed by atoms with Crippen molar-refractivity contribution in [1.82, 2.24) is 10.7 Å². The van der Waals surface area contributed by atoms with E-state index in [-0.39, 0.29) is 0 Å². The van der Waals surface area contributed by atoms with Crippen LogP contribution in [0.5, 0.6) is 0 Å². The molecule has 62 valence electrons. The largest absolute Gasteiger partial charge is 0.394 e. The molecule has 3 heteroatoms. The van der Waals surface area contributed by atoms with Crippen LogP contribution in [0.4, 0.5) is 0 Å². The molecule has 0 atom stereocenters. The number of nitrogens with one attached hydrogen (secondary N) is 2. The third-order valence-electron chi connectivity index (χ3n) is 1.15. The molecule has 0 radical (unpaired) electrons. The van der Waals surface area contributed by atoms with E-state index in [1.165, 1.54) is 5.57 Å². The van der Waals surface area contributed by atoms with Gasteiger partial charge in [0.15, 0.2) is 0 Å². The molecule has 0 bridgehead atoms. The first-order chi connectivity index (χ1) is 5.22. The van der Waals surface area contributed by atoms with Gasteiger partial charge in [0.2, 0.25) is 0 Å². The van der Waals surface area contributed by atoms with Crippen LogP contribution in [0.15, 0.2) is 28.6 Å². The Labute approximate surface area is 67.9 Å². The van der Waals surface area contributed by atoms with E-state index in [9.17, 15) is 0 Å². The van der Waals surface area contributed by atoms with Gasteiger partial charge in [0.1, 0.15) is 0 Å². The van der Waals surface area contributed by atoms with E-state index in [2.05, 4.69) is 22.6 Å². The first-order valence-electron chi connectivity index (χ1n) is 3.45. The van der Waals surface area contributed by atoms with Gasteiger partial charge in [-0.05, 0) is 26.1 Å². The molecule has 11 heavy (non-hydrogen) atoms. The molecule has 0 aliphatic rings. The first-order valence-corrected chi connectivity index (χ1v) is 3.45. The number of hydrogen-bond acceptors (Lipinski definition) is 3. The van der Waals surface area contributed by atoms with Crippen molar-refractivity contribution in [3.8, 4) is 0 Å². The Kier molecular flexibility index (Phi) is 4.90. The van der Waals surface area contributed by atoms with Gasteiger partial charge in [-0.15, -0.1) is 0 Å². The van der Waals surface area contributed by atoms with Crippen LogP contribution in [0.2, 0.25) is 0 Å². The highest BCUT2D eigenvalue weighted by molar-refractivity contribution is 5.26. The summed E-state index contributed by atoms with van der Waals surface area (Å²) in [5.41, 5.74) is 4.92. The summed E-state index contributed by atoms with van der Waals surface area (Å²) in [5, 5.41) is 6.47. The Hall–Kier alpha value is -1.25. The van der Waals surface area contributed by atoms with E-state index >= 15 is 0 Å². The Morgan fingerprint density at radius 2 is 2.09 bits per heavy atom. The van der Waals surface area contributed by atoms with Gasteiger partial charge in [-0.1, -0.05) is 5.57 Å². The van der Waals surface area contributed by atoms with Crippen LogP contribution in [-0.2, 0) is 0 Å². The minimum atomic E-state index is 0.967. The minimum absolute atomic E-state index is 0.967. The summed E-state index contributed by atoms with van der Waals surface area (Å²) in [7, 11) is 1.85. The molecule has 0 aliphatic carbocycles. The SMILES string of the molecule is C=NNC(/C=C\NC)=C(C)C. The fourth-order valence-electron chi connectivity index (χ4n) is 0.568. The van der Waals surface area contributed by atoms with Crippen molar-refractivity contribution in [2.24, 2.45) is 5.10 Å². The van der Waals surface area contributed by atoms with E-state index < -0.39 is 0 Å². The molecule has 0 saturated heterocycles. The first kappa shape index (κ1) is 9.75. The molecule has 0 rings (SSSR count). The molecule has 3 nitrogen and oxygen atoms in total. The summed E-state index contributed by atoms with van der Waals surface area (Å²) >= 11 is 0. The fraction of sp³-hybridized carbons (Fsp3) is 0.375. The predicted molar refractivity (Wildman–Crippen MR) is 49.3 cm³/mol. The summed E-state index contributed by atoms with van der Waals surface area (Å²) in [6.45, 7) is 7.36. The average Bonchev–Trinajstić information content (AvgIpc) is 1.97. The van der Waals surface area contributed by atoms with Gasteiger partial charge in [-0.25, -0.2) is 0 Å². The van der Waals surface area contributed by atoms with Gasteiger partial charge in [-0.3, -0.25) is 5.43 Å². The number of nitrogens with zero attached hydrogens (tertiary/aromatic N) is 1. The second-order valence-electron chi connectivity index (χ2n) is 2.31. The van der Waals surface area contributed by atoms with Crippen molar-refractivity contribution in [1.29, 1.82) is 0 Å². The van der Waals surface area contributed by atoms with Crippen molar-refractivity contribution in [2.75, 3.05) is 7.05 Å². The van der Waals surface area contributed by atoms with Gasteiger partial charge in [0.05, 0.1) is 5.70 Å². The van der Waals surface area contributed by atoms with Crippen molar-refractivity contribution < 1.29 is 0 Å². The highest BCUT2D eigenvalue weighted by Gasteiger charge is 1.89. The zero-order valence-electron chi connectivity index (χ0n) is 7.31. The van der Waals surface area contributed by atoms with Crippen LogP contribution in [0.1, 0.15) is 13.8 Å². The summed E-state index contributed by atoms with van der Waals surface area (Å²) in [6.07, 6.45) is 3.74. The Morgan fingerprint density at radius 1 is 1.45 bits per heavy atom. The van der Waals surface area contributed by atoms with E-state index in [1.54, 1.807) is 0 Å². The van der Waals surface area contributed by atoms with Gasteiger partial charge in [0.25, 0.3) is 0 Å². The van der Waals surface area contributed by atoms with Crippen LogP contribution in [0.25, 0.3) is 0 Å². The monoisotopic (exact) mass is 153 g/mol. The molecule has 0 aromatic rings. The van der Waals surface area contributed by atoms with Crippen molar-refractivity contribution in [3.05, 3.63) is 23.5 Å². The van der Waals surface area contributed by atoms with Gasteiger partial charge in [0, 0.05) is 13.8 Å². The Balaban J connectivity index is 4.23. The predicted octanol–water partition coefficient (Wildman–Crippen LogP) is 1.22. The second kappa shape index (κ2) is 5.53. The average molecular weight is 153 g/mol. The fourth-order valence-corrected chi connectivity index (χ4v) is 0.568. The Bertz CT molecular complexity index is 176. The molecule has 0 saturated carbocycles. The summed E-state index contributed by atoms with van der Waals surface area (Å²) in [4.78, 5) is 0. The maximum absolute atomic E-state index is 3.57. The molecule has 0 spiro atoms. The molecule has 0 fully saturated rings. The highest BCUT2D eigenvalue weighted by Crippen LogP contribution is 1.99. The van der Waals surface area contributed by atoms with Crippen LogP contribution in [0, 0.1) is 0 Å². The maximum Gasteiger partial charge on any atom is 0.0562 e. The number of hydrogen-bond donors (Lipinski definition) is 2. The van der Waals surface area contributed by atoms with E-state index in [0.717, 1.165) is 5.70 Å². The summed E-state index contributed by atoms with van der Waals surface area (Å²) in [6, 6.07) is 0. The van der Waals surface area contributed by atoms with Crippen LogP contribution < -0.4 is 10.7 Å². The quantitative estimate of drug-likeness (QED) is 0.362. The maximum atomic E-state index is 3.57. The lowest BCUT2D eigenvalue weighted by Gasteiger charge is -2.02. The lowest BCUT2D eigenvalue weighted by atomic mass is 10.2. The molecular weight excluding hydrogens is 138 g/mol. The molecule has 0 heterocycles. The number of hydrazone groups is 1. The number of rotatable bonds is 4. The van der Waals surface area contributed by atoms with E-state index in [4.69, 9.17) is 0 Å². The zero-order valence-corrected chi connectivity index (χ0v) is 7.31. The molecule has 0 unspecified atom stereocenters. The zero-order chi connectivity index (χ0) is 8.69. The van der Waals surface area contributed by atoms with E-state index in [1.807, 2.05) is 33.2 Å². The van der Waals surface area contributed by atoms with Crippen LogP contribution in [-0.4, -0.2) is 13.8 Å². The van der Waals surface area contributed by atoms with Crippen LogP contribution >= 0.6 is 0 Å². The van der Waals surface area contributed by atoms with Gasteiger partial charge in [-0.2, -0.15) is 5.10 Å². The summed E-state index contributed by atoms with van der Waals surface area (Å²) in [5.74, 6) is 0. The molecule has 0 aliphatic heterocycles. The second-order valence-corrected chi connectivity index (χ2v) is 2.31. The normalized spacial score (nSPS) is 9.36. The topological polar surface area (TPSA) is 36.4 Å². The lowest BCUT2D eigenvalue weighted by Crippen LogP contribution is -2.05. The third-order valence-corrected chi connectivity index (χ3v) is 1.15. The standard InChI is InChI=1S/C8H15N3/c1-7(2)8(11-10-4)5-6-9-3/h5-6,9,11H,4H2,1-3H3/b6-5-. The van der Waals surface area contributed by atoms with Gasteiger partial charge < -0.3 is 5.32 Å². The van der Waals surface area contributed by atoms with Crippen LogP contribution in [0.3, 0.4) is 0 Å². The molecule has 0 amide bonds. The molecule has 2 N–H and O–H groups in total. The minimum Gasteiger partial charge on any atom is -0.394 e. The van der Waals surface area contributed by atoms with Gasteiger partial charge >= 0.3 is 0 Å². The number of allylic oxidation sites excluding steroid dienone is 2. The van der Waals surface area contributed by atoms with Crippen molar-refractivity contribution >= 4 is 6.72 Å². The third kappa shape index (κ3) is 4.19. The highest BCUT2D eigenvalue weighted by atomic mass is 15.3. The molecule has 0 aromatic heterocycles.